The molecule has 1 aliphatic rings. The van der Waals surface area contributed by atoms with Crippen LogP contribution in [0.15, 0.2) is 0 Å². The maximum Gasteiger partial charge on any atom is 0.0825 e. The summed E-state index contributed by atoms with van der Waals surface area (Å²) in [5, 5.41) is 17.5. The van der Waals surface area contributed by atoms with Gasteiger partial charge in [-0.2, -0.15) is 0 Å². The Labute approximate surface area is 77.6 Å². The molecule has 0 aromatic carbocycles. The summed E-state index contributed by atoms with van der Waals surface area (Å²) >= 11 is 0. The predicted octanol–water partition coefficient (Wildman–Crippen LogP) is 0.981. The van der Waals surface area contributed by atoms with Gasteiger partial charge in [-0.15, -0.1) is 5.10 Å². The fourth-order valence-corrected chi connectivity index (χ4v) is 1.92. The van der Waals surface area contributed by atoms with Gasteiger partial charge in [-0.25, -0.2) is 4.68 Å². The largest absolute Gasteiger partial charge is 0.393 e. The first-order valence-electron chi connectivity index (χ1n) is 4.75. The van der Waals surface area contributed by atoms with Gasteiger partial charge in [0.25, 0.3) is 0 Å². The van der Waals surface area contributed by atoms with E-state index >= 15 is 0 Å². The fraction of sp³-hybridized carbons (Fsp3) is 0.778. The minimum Gasteiger partial charge on any atom is -0.393 e. The Kier molecular flexibility index (Phi) is 2.07. The predicted molar refractivity (Wildman–Crippen MR) is 48.4 cm³/mol. The molecule has 0 bridgehead atoms. The van der Waals surface area contributed by atoms with Gasteiger partial charge in [0.15, 0.2) is 0 Å². The van der Waals surface area contributed by atoms with Crippen molar-refractivity contribution in [3.05, 3.63) is 11.4 Å². The Balaban J connectivity index is 2.21. The summed E-state index contributed by atoms with van der Waals surface area (Å²) in [7, 11) is 0. The van der Waals surface area contributed by atoms with Crippen LogP contribution in [0.2, 0.25) is 0 Å². The van der Waals surface area contributed by atoms with Crippen LogP contribution in [-0.2, 0) is 0 Å². The highest BCUT2D eigenvalue weighted by atomic mass is 16.3. The second-order valence-electron chi connectivity index (χ2n) is 3.83. The average Bonchev–Trinajstić information content (AvgIpc) is 2.62. The molecular formula is C9H15N3O. The third-order valence-electron chi connectivity index (χ3n) is 2.88. The second-order valence-corrected chi connectivity index (χ2v) is 3.83. The van der Waals surface area contributed by atoms with Crippen molar-refractivity contribution in [3.63, 3.8) is 0 Å². The monoisotopic (exact) mass is 181 g/mol. The molecule has 0 radical (unpaired) electrons. The minimum atomic E-state index is -0.145. The van der Waals surface area contributed by atoms with Crippen LogP contribution in [0.1, 0.15) is 36.7 Å². The van der Waals surface area contributed by atoms with Gasteiger partial charge >= 0.3 is 0 Å². The smallest absolute Gasteiger partial charge is 0.0825 e. The molecule has 4 heteroatoms. The van der Waals surface area contributed by atoms with Crippen molar-refractivity contribution in [1.82, 2.24) is 15.0 Å². The number of rotatable bonds is 1. The van der Waals surface area contributed by atoms with Crippen molar-refractivity contribution in [2.24, 2.45) is 0 Å². The fourth-order valence-electron chi connectivity index (χ4n) is 1.92. The lowest BCUT2D eigenvalue weighted by molar-refractivity contribution is 0.176. The molecular weight excluding hydrogens is 166 g/mol. The summed E-state index contributed by atoms with van der Waals surface area (Å²) in [6.07, 6.45) is 2.59. The van der Waals surface area contributed by atoms with E-state index < -0.39 is 0 Å². The minimum absolute atomic E-state index is 0.145. The Bertz CT molecular complexity index is 308. The highest BCUT2D eigenvalue weighted by molar-refractivity contribution is 5.06. The van der Waals surface area contributed by atoms with E-state index in [0.717, 1.165) is 30.7 Å². The highest BCUT2D eigenvalue weighted by Crippen LogP contribution is 2.30. The van der Waals surface area contributed by atoms with E-state index in [0.29, 0.717) is 6.04 Å². The molecule has 1 aromatic rings. The number of nitrogens with zero attached hydrogens (tertiary/aromatic N) is 3. The summed E-state index contributed by atoms with van der Waals surface area (Å²) in [5.74, 6) is 0. The molecule has 0 amide bonds. The van der Waals surface area contributed by atoms with E-state index in [1.807, 2.05) is 18.5 Å². The van der Waals surface area contributed by atoms with Gasteiger partial charge in [-0.3, -0.25) is 0 Å². The second kappa shape index (κ2) is 3.10. The molecule has 72 valence electrons. The SMILES string of the molecule is Cc1nnn(C2CCC(O)C2)c1C. The van der Waals surface area contributed by atoms with Crippen LogP contribution in [0, 0.1) is 13.8 Å². The molecule has 2 unspecified atom stereocenters. The van der Waals surface area contributed by atoms with Crippen LogP contribution in [0.3, 0.4) is 0 Å². The average molecular weight is 181 g/mol. The number of aliphatic hydroxyl groups excluding tert-OH is 1. The van der Waals surface area contributed by atoms with Gasteiger partial charge in [-0.05, 0) is 33.1 Å². The molecule has 1 fully saturated rings. The zero-order chi connectivity index (χ0) is 9.42. The molecule has 0 saturated heterocycles. The van der Waals surface area contributed by atoms with Gasteiger partial charge in [0.05, 0.1) is 23.5 Å². The molecule has 1 heterocycles. The Morgan fingerprint density at radius 3 is 2.62 bits per heavy atom. The first-order valence-corrected chi connectivity index (χ1v) is 4.75. The summed E-state index contributed by atoms with van der Waals surface area (Å²) < 4.78 is 1.95. The van der Waals surface area contributed by atoms with E-state index in [2.05, 4.69) is 10.3 Å². The quantitative estimate of drug-likeness (QED) is 0.702. The summed E-state index contributed by atoms with van der Waals surface area (Å²) in [6.45, 7) is 3.99. The summed E-state index contributed by atoms with van der Waals surface area (Å²) in [6, 6.07) is 0.358. The zero-order valence-electron chi connectivity index (χ0n) is 8.06. The van der Waals surface area contributed by atoms with Crippen LogP contribution >= 0.6 is 0 Å². The van der Waals surface area contributed by atoms with Crippen LogP contribution in [-0.4, -0.2) is 26.2 Å². The number of hydrogen-bond donors (Lipinski definition) is 1. The first-order chi connectivity index (χ1) is 6.18. The third-order valence-corrected chi connectivity index (χ3v) is 2.88. The number of aliphatic hydroxyl groups is 1. The molecule has 1 aliphatic carbocycles. The van der Waals surface area contributed by atoms with Crippen molar-refractivity contribution < 1.29 is 5.11 Å². The summed E-state index contributed by atoms with van der Waals surface area (Å²) in [5.41, 5.74) is 2.11. The lowest BCUT2D eigenvalue weighted by Gasteiger charge is -2.10. The molecule has 2 rings (SSSR count). The molecule has 1 N–H and O–H groups in total. The molecule has 1 aromatic heterocycles. The van der Waals surface area contributed by atoms with E-state index in [1.165, 1.54) is 0 Å². The number of aryl methyl sites for hydroxylation is 1. The van der Waals surface area contributed by atoms with Crippen LogP contribution < -0.4 is 0 Å². The lowest BCUT2D eigenvalue weighted by atomic mass is 10.2. The molecule has 0 aliphatic heterocycles. The normalized spacial score (nSPS) is 28.2. The maximum atomic E-state index is 9.40. The van der Waals surface area contributed by atoms with Crippen molar-refractivity contribution in [3.8, 4) is 0 Å². The van der Waals surface area contributed by atoms with Gasteiger partial charge in [0.2, 0.25) is 0 Å². The topological polar surface area (TPSA) is 50.9 Å². The van der Waals surface area contributed by atoms with Gasteiger partial charge in [0.1, 0.15) is 0 Å². The van der Waals surface area contributed by atoms with Gasteiger partial charge in [-0.1, -0.05) is 5.21 Å². The van der Waals surface area contributed by atoms with E-state index in [9.17, 15) is 5.11 Å². The van der Waals surface area contributed by atoms with Gasteiger partial charge < -0.3 is 5.11 Å². The molecule has 0 spiro atoms. The van der Waals surface area contributed by atoms with Crippen molar-refractivity contribution in [2.75, 3.05) is 0 Å². The van der Waals surface area contributed by atoms with Crippen molar-refractivity contribution in [1.29, 1.82) is 0 Å². The first kappa shape index (κ1) is 8.69. The van der Waals surface area contributed by atoms with Crippen molar-refractivity contribution in [2.45, 2.75) is 45.3 Å². The zero-order valence-corrected chi connectivity index (χ0v) is 8.06. The Morgan fingerprint density at radius 2 is 2.15 bits per heavy atom. The standard InChI is InChI=1S/C9H15N3O/c1-6-7(2)12(11-10-6)8-3-4-9(13)5-8/h8-9,13H,3-5H2,1-2H3. The van der Waals surface area contributed by atoms with Crippen LogP contribution in [0.25, 0.3) is 0 Å². The van der Waals surface area contributed by atoms with Gasteiger partial charge in [0, 0.05) is 0 Å². The van der Waals surface area contributed by atoms with Crippen molar-refractivity contribution >= 4 is 0 Å². The molecule has 4 nitrogen and oxygen atoms in total. The molecule has 2 atom stereocenters. The third kappa shape index (κ3) is 1.46. The number of hydrogen-bond acceptors (Lipinski definition) is 3. The lowest BCUT2D eigenvalue weighted by Crippen LogP contribution is -2.10. The number of aromatic nitrogens is 3. The van der Waals surface area contributed by atoms with Crippen LogP contribution in [0.4, 0.5) is 0 Å². The Morgan fingerprint density at radius 1 is 1.38 bits per heavy atom. The molecule has 1 saturated carbocycles. The highest BCUT2D eigenvalue weighted by Gasteiger charge is 2.26. The van der Waals surface area contributed by atoms with E-state index in [-0.39, 0.29) is 6.10 Å². The maximum absolute atomic E-state index is 9.40. The van der Waals surface area contributed by atoms with Crippen LogP contribution in [0.5, 0.6) is 0 Å². The van der Waals surface area contributed by atoms with E-state index in [4.69, 9.17) is 0 Å². The molecule has 13 heavy (non-hydrogen) atoms. The Hall–Kier alpha value is -0.900. The summed E-state index contributed by atoms with van der Waals surface area (Å²) in [4.78, 5) is 0. The van der Waals surface area contributed by atoms with E-state index in [1.54, 1.807) is 0 Å².